The minimum atomic E-state index is 0.0813. The first kappa shape index (κ1) is 18.4. The van der Waals surface area contributed by atoms with Crippen molar-refractivity contribution in [3.8, 4) is 0 Å². The molecule has 1 amide bonds. The molecule has 0 atom stereocenters. The lowest BCUT2D eigenvalue weighted by molar-refractivity contribution is -0.121. The molecule has 2 heterocycles. The molecule has 0 saturated heterocycles. The van der Waals surface area contributed by atoms with Gasteiger partial charge in [0.05, 0.1) is 0 Å². The number of rotatable bonds is 8. The predicted octanol–water partition coefficient (Wildman–Crippen LogP) is 3.08. The predicted molar refractivity (Wildman–Crippen MR) is 103 cm³/mol. The van der Waals surface area contributed by atoms with Crippen molar-refractivity contribution in [2.24, 2.45) is 0 Å². The molecule has 138 valence electrons. The maximum atomic E-state index is 11.8. The summed E-state index contributed by atoms with van der Waals surface area (Å²) in [6.07, 6.45) is 5.23. The van der Waals surface area contributed by atoms with Gasteiger partial charge in [0.1, 0.15) is 5.82 Å². The molecular weight excluding hydrogens is 326 g/mol. The van der Waals surface area contributed by atoms with Gasteiger partial charge in [0.2, 0.25) is 5.91 Å². The van der Waals surface area contributed by atoms with Crippen molar-refractivity contribution in [1.82, 2.24) is 10.3 Å². The molecule has 1 aliphatic heterocycles. The second-order valence-corrected chi connectivity index (χ2v) is 6.69. The van der Waals surface area contributed by atoms with Crippen LogP contribution in [0.25, 0.3) is 0 Å². The van der Waals surface area contributed by atoms with Crippen LogP contribution in [0.5, 0.6) is 0 Å². The summed E-state index contributed by atoms with van der Waals surface area (Å²) in [5.74, 6) is 1.08. The Bertz CT molecular complexity index is 715. The summed E-state index contributed by atoms with van der Waals surface area (Å²) in [5, 5.41) is 2.95. The number of hydrogen-bond donors (Lipinski definition) is 1. The molecular formula is C21H27N3O2. The second-order valence-electron chi connectivity index (χ2n) is 6.69. The molecule has 26 heavy (non-hydrogen) atoms. The van der Waals surface area contributed by atoms with Gasteiger partial charge >= 0.3 is 0 Å². The van der Waals surface area contributed by atoms with Crippen LogP contribution in [0.1, 0.15) is 36.0 Å². The van der Waals surface area contributed by atoms with Gasteiger partial charge in [-0.1, -0.05) is 30.3 Å². The highest BCUT2D eigenvalue weighted by molar-refractivity contribution is 5.75. The summed E-state index contributed by atoms with van der Waals surface area (Å²) in [6, 6.07) is 12.7. The fraction of sp³-hybridized carbons (Fsp3) is 0.429. The van der Waals surface area contributed by atoms with Crippen molar-refractivity contribution in [1.29, 1.82) is 0 Å². The number of aromatic nitrogens is 1. The van der Waals surface area contributed by atoms with Crippen LogP contribution in [0.3, 0.4) is 0 Å². The molecule has 1 aromatic carbocycles. The van der Waals surface area contributed by atoms with Crippen LogP contribution in [-0.4, -0.2) is 31.2 Å². The Kier molecular flexibility index (Phi) is 6.61. The smallest absolute Gasteiger partial charge is 0.220 e. The molecule has 0 fully saturated rings. The van der Waals surface area contributed by atoms with Crippen LogP contribution in [0.4, 0.5) is 5.82 Å². The standard InChI is InChI=1S/C21H27N3O2/c1-26-13-5-4-8-21(25)23-15-17-9-10-20(22-14-17)24-12-11-18-6-2-3-7-19(18)16-24/h2-3,6-7,9-10,14H,4-5,8,11-13,15-16H2,1H3,(H,23,25). The summed E-state index contributed by atoms with van der Waals surface area (Å²) < 4.78 is 4.99. The Labute approximate surface area is 155 Å². The average Bonchev–Trinajstić information content (AvgIpc) is 2.70. The summed E-state index contributed by atoms with van der Waals surface area (Å²) in [6.45, 7) is 3.13. The third kappa shape index (κ3) is 5.05. The monoisotopic (exact) mass is 353 g/mol. The third-order valence-electron chi connectivity index (χ3n) is 4.76. The van der Waals surface area contributed by atoms with E-state index in [1.165, 1.54) is 11.1 Å². The number of methoxy groups -OCH3 is 1. The van der Waals surface area contributed by atoms with Crippen molar-refractivity contribution in [2.45, 2.75) is 38.8 Å². The summed E-state index contributed by atoms with van der Waals surface area (Å²) in [4.78, 5) is 18.7. The van der Waals surface area contributed by atoms with Crippen LogP contribution in [-0.2, 0) is 29.0 Å². The van der Waals surface area contributed by atoms with Crippen LogP contribution in [0.15, 0.2) is 42.6 Å². The molecule has 5 nitrogen and oxygen atoms in total. The lowest BCUT2D eigenvalue weighted by Gasteiger charge is -2.29. The van der Waals surface area contributed by atoms with Crippen LogP contribution in [0.2, 0.25) is 0 Å². The van der Waals surface area contributed by atoms with Crippen molar-refractivity contribution in [3.05, 3.63) is 59.3 Å². The number of carbonyl (C=O) groups excluding carboxylic acids is 1. The van der Waals surface area contributed by atoms with E-state index >= 15 is 0 Å². The van der Waals surface area contributed by atoms with E-state index in [1.807, 2.05) is 18.3 Å². The maximum Gasteiger partial charge on any atom is 0.220 e. The molecule has 0 aliphatic carbocycles. The van der Waals surface area contributed by atoms with E-state index in [2.05, 4.69) is 39.5 Å². The van der Waals surface area contributed by atoms with Crippen molar-refractivity contribution in [2.75, 3.05) is 25.2 Å². The SMILES string of the molecule is COCCCCC(=O)NCc1ccc(N2CCc3ccccc3C2)nc1. The lowest BCUT2D eigenvalue weighted by Crippen LogP contribution is -2.31. The van der Waals surface area contributed by atoms with Gasteiger partial charge in [-0.2, -0.15) is 0 Å². The molecule has 0 bridgehead atoms. The van der Waals surface area contributed by atoms with Crippen molar-refractivity contribution < 1.29 is 9.53 Å². The number of pyridine rings is 1. The molecule has 1 N–H and O–H groups in total. The largest absolute Gasteiger partial charge is 0.385 e. The molecule has 1 aliphatic rings. The normalized spacial score (nSPS) is 13.3. The number of fused-ring (bicyclic) bond motifs is 1. The van der Waals surface area contributed by atoms with E-state index in [1.54, 1.807) is 7.11 Å². The van der Waals surface area contributed by atoms with E-state index in [4.69, 9.17) is 4.74 Å². The van der Waals surface area contributed by atoms with Gasteiger partial charge in [0.25, 0.3) is 0 Å². The van der Waals surface area contributed by atoms with Gasteiger partial charge in [-0.15, -0.1) is 0 Å². The number of amides is 1. The number of ether oxygens (including phenoxy) is 1. The minimum absolute atomic E-state index is 0.0813. The molecule has 0 unspecified atom stereocenters. The van der Waals surface area contributed by atoms with E-state index in [0.29, 0.717) is 19.6 Å². The number of nitrogens with one attached hydrogen (secondary N) is 1. The summed E-state index contributed by atoms with van der Waals surface area (Å²) >= 11 is 0. The quantitative estimate of drug-likeness (QED) is 0.741. The summed E-state index contributed by atoms with van der Waals surface area (Å²) in [7, 11) is 1.68. The molecule has 3 rings (SSSR count). The Morgan fingerprint density at radius 3 is 2.81 bits per heavy atom. The van der Waals surface area contributed by atoms with Gasteiger partial charge < -0.3 is 15.0 Å². The maximum absolute atomic E-state index is 11.8. The fourth-order valence-corrected chi connectivity index (χ4v) is 3.22. The highest BCUT2D eigenvalue weighted by Gasteiger charge is 2.16. The first-order chi connectivity index (χ1) is 12.8. The minimum Gasteiger partial charge on any atom is -0.385 e. The van der Waals surface area contributed by atoms with Crippen molar-refractivity contribution >= 4 is 11.7 Å². The highest BCUT2D eigenvalue weighted by atomic mass is 16.5. The van der Waals surface area contributed by atoms with Gasteiger partial charge in [0, 0.05) is 46.0 Å². The van der Waals surface area contributed by atoms with E-state index < -0.39 is 0 Å². The first-order valence-corrected chi connectivity index (χ1v) is 9.28. The van der Waals surface area contributed by atoms with E-state index in [0.717, 1.165) is 43.7 Å². The summed E-state index contributed by atoms with van der Waals surface area (Å²) in [5.41, 5.74) is 3.84. The number of anilines is 1. The number of hydrogen-bond acceptors (Lipinski definition) is 4. The Hall–Kier alpha value is -2.40. The van der Waals surface area contributed by atoms with Gasteiger partial charge in [0.15, 0.2) is 0 Å². The van der Waals surface area contributed by atoms with Crippen LogP contribution < -0.4 is 10.2 Å². The van der Waals surface area contributed by atoms with Gasteiger partial charge in [-0.25, -0.2) is 4.98 Å². The number of unbranched alkanes of at least 4 members (excludes halogenated alkanes) is 1. The van der Waals surface area contributed by atoms with Crippen LogP contribution >= 0.6 is 0 Å². The zero-order chi connectivity index (χ0) is 18.2. The second kappa shape index (κ2) is 9.34. The number of nitrogens with zero attached hydrogens (tertiary/aromatic N) is 2. The average molecular weight is 353 g/mol. The van der Waals surface area contributed by atoms with E-state index in [9.17, 15) is 4.79 Å². The molecule has 0 radical (unpaired) electrons. The Morgan fingerprint density at radius 1 is 1.19 bits per heavy atom. The molecule has 0 spiro atoms. The van der Waals surface area contributed by atoms with Gasteiger partial charge in [-0.05, 0) is 42.0 Å². The lowest BCUT2D eigenvalue weighted by atomic mass is 10.00. The van der Waals surface area contributed by atoms with Gasteiger partial charge in [-0.3, -0.25) is 4.79 Å². The Balaban J connectivity index is 1.47. The fourth-order valence-electron chi connectivity index (χ4n) is 3.22. The van der Waals surface area contributed by atoms with E-state index in [-0.39, 0.29) is 5.91 Å². The Morgan fingerprint density at radius 2 is 2.04 bits per heavy atom. The molecule has 2 aromatic rings. The molecule has 5 heteroatoms. The number of carbonyl (C=O) groups is 1. The zero-order valence-corrected chi connectivity index (χ0v) is 15.4. The highest BCUT2D eigenvalue weighted by Crippen LogP contribution is 2.22. The topological polar surface area (TPSA) is 54.5 Å². The third-order valence-corrected chi connectivity index (χ3v) is 4.76. The van der Waals surface area contributed by atoms with Crippen molar-refractivity contribution in [3.63, 3.8) is 0 Å². The first-order valence-electron chi connectivity index (χ1n) is 9.28. The number of benzene rings is 1. The van der Waals surface area contributed by atoms with Crippen LogP contribution in [0, 0.1) is 0 Å². The molecule has 0 saturated carbocycles. The molecule has 1 aromatic heterocycles. The zero-order valence-electron chi connectivity index (χ0n) is 15.4.